The zero-order valence-electron chi connectivity index (χ0n) is 7.15. The van der Waals surface area contributed by atoms with Crippen LogP contribution >= 0.6 is 0 Å². The predicted octanol–water partition coefficient (Wildman–Crippen LogP) is -1.15. The molecule has 0 spiro atoms. The van der Waals surface area contributed by atoms with Crippen molar-refractivity contribution in [3.63, 3.8) is 0 Å². The van der Waals surface area contributed by atoms with E-state index in [-0.39, 0.29) is 4.57 Å². The van der Waals surface area contributed by atoms with E-state index in [1.807, 2.05) is 0 Å². The van der Waals surface area contributed by atoms with E-state index in [1.54, 1.807) is 5.10 Å². The molecular weight excluding hydrogens is 219 g/mol. The van der Waals surface area contributed by atoms with Gasteiger partial charge in [-0.2, -0.15) is 18.3 Å². The molecule has 0 aliphatic rings. The summed E-state index contributed by atoms with van der Waals surface area (Å²) in [5, 5.41) is 13.5. The number of alkyl halides is 3. The van der Waals surface area contributed by atoms with Gasteiger partial charge in [0, 0.05) is 0 Å². The molecule has 1 unspecified atom stereocenters. The highest BCUT2D eigenvalue weighted by Crippen LogP contribution is 2.20. The Labute approximate surface area is 80.0 Å². The first-order valence-corrected chi connectivity index (χ1v) is 3.71. The number of halogens is 3. The topological polar surface area (TPSA) is 88.0 Å². The van der Waals surface area contributed by atoms with Gasteiger partial charge in [0.1, 0.15) is 6.20 Å². The molecule has 1 atom stereocenters. The number of aliphatic hydroxyl groups is 1. The Bertz CT molecular complexity index is 421. The standard InChI is InChI=1S/C6H6F3N3O3/c7-6(8,9)3(13)2-12-4(14)1-10-11-5(12)15/h1,3,13H,2H2,(H,11,15). The van der Waals surface area contributed by atoms with E-state index in [0.717, 1.165) is 0 Å². The molecule has 0 radical (unpaired) electrons. The quantitative estimate of drug-likeness (QED) is 0.665. The predicted molar refractivity (Wildman–Crippen MR) is 41.2 cm³/mol. The number of hydrogen-bond acceptors (Lipinski definition) is 4. The van der Waals surface area contributed by atoms with Gasteiger partial charge in [-0.3, -0.25) is 9.36 Å². The molecule has 0 aliphatic carbocycles. The zero-order chi connectivity index (χ0) is 11.6. The third-order valence-corrected chi connectivity index (χ3v) is 1.58. The maximum Gasteiger partial charge on any atom is 0.416 e. The van der Waals surface area contributed by atoms with Gasteiger partial charge in [-0.05, 0) is 0 Å². The van der Waals surface area contributed by atoms with Crippen LogP contribution in [0.4, 0.5) is 13.2 Å². The molecule has 0 aliphatic heterocycles. The second-order valence-electron chi connectivity index (χ2n) is 2.68. The molecule has 1 aromatic heterocycles. The lowest BCUT2D eigenvalue weighted by Crippen LogP contribution is -2.43. The van der Waals surface area contributed by atoms with Gasteiger partial charge >= 0.3 is 11.9 Å². The summed E-state index contributed by atoms with van der Waals surface area (Å²) in [5.41, 5.74) is -2.12. The van der Waals surface area contributed by atoms with Crippen LogP contribution in [0.2, 0.25) is 0 Å². The largest absolute Gasteiger partial charge is 0.416 e. The third-order valence-electron chi connectivity index (χ3n) is 1.58. The van der Waals surface area contributed by atoms with E-state index in [2.05, 4.69) is 5.10 Å². The number of rotatable bonds is 2. The minimum absolute atomic E-state index is 0.213. The fourth-order valence-corrected chi connectivity index (χ4v) is 0.822. The molecular formula is C6H6F3N3O3. The highest BCUT2D eigenvalue weighted by atomic mass is 19.4. The Morgan fingerprint density at radius 3 is 2.60 bits per heavy atom. The summed E-state index contributed by atoms with van der Waals surface area (Å²) in [4.78, 5) is 21.8. The van der Waals surface area contributed by atoms with Crippen LogP contribution in [0, 0.1) is 0 Å². The van der Waals surface area contributed by atoms with Gasteiger partial charge in [-0.1, -0.05) is 0 Å². The zero-order valence-corrected chi connectivity index (χ0v) is 7.15. The van der Waals surface area contributed by atoms with Crippen LogP contribution in [0.15, 0.2) is 15.8 Å². The van der Waals surface area contributed by atoms with Crippen LogP contribution in [0.5, 0.6) is 0 Å². The van der Waals surface area contributed by atoms with Crippen LogP contribution in [0.25, 0.3) is 0 Å². The third kappa shape index (κ3) is 2.65. The van der Waals surface area contributed by atoms with Crippen molar-refractivity contribution in [1.82, 2.24) is 14.8 Å². The smallest absolute Gasteiger partial charge is 0.382 e. The lowest BCUT2D eigenvalue weighted by atomic mass is 10.3. The minimum Gasteiger partial charge on any atom is -0.382 e. The van der Waals surface area contributed by atoms with Crippen molar-refractivity contribution >= 4 is 0 Å². The monoisotopic (exact) mass is 225 g/mol. The van der Waals surface area contributed by atoms with Crippen molar-refractivity contribution in [3.8, 4) is 0 Å². The van der Waals surface area contributed by atoms with E-state index in [1.165, 1.54) is 0 Å². The Morgan fingerprint density at radius 1 is 1.53 bits per heavy atom. The molecule has 0 fully saturated rings. The normalized spacial score (nSPS) is 13.9. The van der Waals surface area contributed by atoms with Gasteiger partial charge < -0.3 is 5.11 Å². The number of aromatic amines is 1. The van der Waals surface area contributed by atoms with Gasteiger partial charge in [0.05, 0.1) is 6.54 Å². The summed E-state index contributed by atoms with van der Waals surface area (Å²) in [6.45, 7) is -1.15. The molecule has 15 heavy (non-hydrogen) atoms. The van der Waals surface area contributed by atoms with Crippen molar-refractivity contribution in [1.29, 1.82) is 0 Å². The molecule has 1 rings (SSSR count). The number of hydrogen-bond donors (Lipinski definition) is 2. The van der Waals surface area contributed by atoms with Gasteiger partial charge in [0.25, 0.3) is 5.56 Å². The van der Waals surface area contributed by atoms with Crippen molar-refractivity contribution in [2.24, 2.45) is 0 Å². The lowest BCUT2D eigenvalue weighted by Gasteiger charge is -2.14. The van der Waals surface area contributed by atoms with E-state index >= 15 is 0 Å². The van der Waals surface area contributed by atoms with Crippen LogP contribution < -0.4 is 11.2 Å². The van der Waals surface area contributed by atoms with Crippen molar-refractivity contribution in [3.05, 3.63) is 27.0 Å². The van der Waals surface area contributed by atoms with Crippen LogP contribution in [0.1, 0.15) is 0 Å². The maximum absolute atomic E-state index is 11.9. The van der Waals surface area contributed by atoms with Gasteiger partial charge in [0.15, 0.2) is 6.10 Å². The van der Waals surface area contributed by atoms with Crippen LogP contribution in [0.3, 0.4) is 0 Å². The first kappa shape index (κ1) is 11.4. The SMILES string of the molecule is O=c1cn[nH]c(=O)n1CC(O)C(F)(F)F. The van der Waals surface area contributed by atoms with Crippen molar-refractivity contribution in [2.75, 3.05) is 0 Å². The average molecular weight is 225 g/mol. The van der Waals surface area contributed by atoms with Crippen LogP contribution in [-0.4, -0.2) is 32.2 Å². The second kappa shape index (κ2) is 3.85. The summed E-state index contributed by atoms with van der Waals surface area (Å²) >= 11 is 0. The molecule has 0 aromatic carbocycles. The molecule has 9 heteroatoms. The molecule has 0 bridgehead atoms. The van der Waals surface area contributed by atoms with Crippen LogP contribution in [-0.2, 0) is 6.54 Å². The molecule has 0 amide bonds. The van der Waals surface area contributed by atoms with E-state index < -0.39 is 30.1 Å². The first-order chi connectivity index (χ1) is 6.82. The fourth-order valence-electron chi connectivity index (χ4n) is 0.822. The summed E-state index contributed by atoms with van der Waals surface area (Å²) in [6.07, 6.45) is -7.00. The number of nitrogens with one attached hydrogen (secondary N) is 1. The molecule has 2 N–H and O–H groups in total. The number of H-pyrrole nitrogens is 1. The minimum atomic E-state index is -4.88. The summed E-state index contributed by atoms with van der Waals surface area (Å²) in [5.74, 6) is 0. The average Bonchev–Trinajstić information content (AvgIpc) is 2.09. The van der Waals surface area contributed by atoms with E-state index in [9.17, 15) is 22.8 Å². The van der Waals surface area contributed by atoms with Gasteiger partial charge in [0.2, 0.25) is 0 Å². The van der Waals surface area contributed by atoms with E-state index in [4.69, 9.17) is 5.11 Å². The van der Waals surface area contributed by atoms with Crippen molar-refractivity contribution < 1.29 is 18.3 Å². The molecule has 0 saturated carbocycles. The molecule has 0 saturated heterocycles. The summed E-state index contributed by atoms with van der Waals surface area (Å²) in [6, 6.07) is 0. The number of aromatic nitrogens is 3. The fraction of sp³-hybridized carbons (Fsp3) is 0.500. The molecule has 1 heterocycles. The molecule has 84 valence electrons. The first-order valence-electron chi connectivity index (χ1n) is 3.71. The Balaban J connectivity index is 3.01. The second-order valence-corrected chi connectivity index (χ2v) is 2.68. The van der Waals surface area contributed by atoms with Gasteiger partial charge in [-0.15, -0.1) is 0 Å². The molecule has 6 nitrogen and oxygen atoms in total. The molecule has 1 aromatic rings. The highest BCUT2D eigenvalue weighted by Gasteiger charge is 2.38. The Kier molecular flexibility index (Phi) is 2.93. The Hall–Kier alpha value is -1.64. The van der Waals surface area contributed by atoms with E-state index in [0.29, 0.717) is 6.20 Å². The lowest BCUT2D eigenvalue weighted by molar-refractivity contribution is -0.207. The van der Waals surface area contributed by atoms with Gasteiger partial charge in [-0.25, -0.2) is 9.89 Å². The number of aliphatic hydroxyl groups excluding tert-OH is 1. The summed E-state index contributed by atoms with van der Waals surface area (Å²) < 4.78 is 35.9. The van der Waals surface area contributed by atoms with Crippen molar-refractivity contribution in [2.45, 2.75) is 18.8 Å². The maximum atomic E-state index is 11.9. The summed E-state index contributed by atoms with van der Waals surface area (Å²) in [7, 11) is 0. The highest BCUT2D eigenvalue weighted by molar-refractivity contribution is 4.76. The Morgan fingerprint density at radius 2 is 2.13 bits per heavy atom. The number of nitrogens with zero attached hydrogens (tertiary/aromatic N) is 2.